The second-order valence-electron chi connectivity index (χ2n) is 6.17. The van der Waals surface area contributed by atoms with E-state index in [0.717, 1.165) is 34.7 Å². The van der Waals surface area contributed by atoms with E-state index in [2.05, 4.69) is 5.32 Å². The summed E-state index contributed by atoms with van der Waals surface area (Å²) in [6.07, 6.45) is 2.24. The van der Waals surface area contributed by atoms with Crippen LogP contribution < -0.4 is 10.2 Å². The minimum absolute atomic E-state index is 0.0663. The topological polar surface area (TPSA) is 49.4 Å². The fourth-order valence-electron chi connectivity index (χ4n) is 3.32. The Labute approximate surface area is 139 Å². The average Bonchev–Trinajstić information content (AvgIpc) is 3.03. The van der Waals surface area contributed by atoms with Crippen LogP contribution in [0.15, 0.2) is 35.7 Å². The van der Waals surface area contributed by atoms with Crippen LogP contribution in [0.1, 0.15) is 30.2 Å². The summed E-state index contributed by atoms with van der Waals surface area (Å²) in [6.45, 7) is 2.65. The van der Waals surface area contributed by atoms with Gasteiger partial charge in [-0.2, -0.15) is 0 Å². The van der Waals surface area contributed by atoms with Crippen LogP contribution in [-0.4, -0.2) is 18.4 Å². The highest BCUT2D eigenvalue weighted by atomic mass is 32.1. The summed E-state index contributed by atoms with van der Waals surface area (Å²) in [7, 11) is 0. The van der Waals surface area contributed by atoms with Gasteiger partial charge >= 0.3 is 0 Å². The molecule has 5 heteroatoms. The van der Waals surface area contributed by atoms with Gasteiger partial charge < -0.3 is 10.2 Å². The summed E-state index contributed by atoms with van der Waals surface area (Å²) < 4.78 is 0. The number of benzene rings is 1. The summed E-state index contributed by atoms with van der Waals surface area (Å²) in [4.78, 5) is 27.6. The number of anilines is 2. The predicted molar refractivity (Wildman–Crippen MR) is 92.0 cm³/mol. The van der Waals surface area contributed by atoms with Gasteiger partial charge in [-0.3, -0.25) is 9.59 Å². The standard InChI is InChI=1S/C18H18N2O2S/c1-2-20-14-6-5-13(10-12(14)11-16(20)21)19-17(22)18(7-8-18)15-4-3-9-23-15/h3-6,9-10H,2,7-8,11H2,1H3,(H,19,22). The maximum atomic E-state index is 12.7. The highest BCUT2D eigenvalue weighted by Crippen LogP contribution is 2.50. The maximum Gasteiger partial charge on any atom is 0.235 e. The zero-order valence-electron chi connectivity index (χ0n) is 13.0. The van der Waals surface area contributed by atoms with Gasteiger partial charge in [0.05, 0.1) is 11.8 Å². The maximum absolute atomic E-state index is 12.7. The first-order chi connectivity index (χ1) is 11.1. The van der Waals surface area contributed by atoms with E-state index in [1.165, 1.54) is 0 Å². The molecule has 2 aliphatic rings. The number of rotatable bonds is 4. The smallest absolute Gasteiger partial charge is 0.235 e. The molecule has 118 valence electrons. The molecule has 1 aromatic heterocycles. The van der Waals surface area contributed by atoms with Gasteiger partial charge in [-0.05, 0) is 55.0 Å². The number of fused-ring (bicyclic) bond motifs is 1. The molecule has 1 N–H and O–H groups in total. The molecule has 0 bridgehead atoms. The van der Waals surface area contributed by atoms with Crippen molar-refractivity contribution in [3.63, 3.8) is 0 Å². The molecule has 1 saturated carbocycles. The Morgan fingerprint density at radius 1 is 1.35 bits per heavy atom. The number of hydrogen-bond acceptors (Lipinski definition) is 3. The molecule has 0 saturated heterocycles. The molecule has 0 atom stereocenters. The lowest BCUT2D eigenvalue weighted by Gasteiger charge is -2.16. The number of carbonyl (C=O) groups excluding carboxylic acids is 2. The van der Waals surface area contributed by atoms with E-state index in [4.69, 9.17) is 0 Å². The largest absolute Gasteiger partial charge is 0.325 e. The van der Waals surface area contributed by atoms with Crippen LogP contribution in [0.4, 0.5) is 11.4 Å². The molecule has 0 spiro atoms. The van der Waals surface area contributed by atoms with Crippen LogP contribution in [-0.2, 0) is 21.4 Å². The molecule has 2 amide bonds. The summed E-state index contributed by atoms with van der Waals surface area (Å²) >= 11 is 1.64. The lowest BCUT2D eigenvalue weighted by Crippen LogP contribution is -2.27. The molecule has 1 aliphatic carbocycles. The van der Waals surface area contributed by atoms with Crippen molar-refractivity contribution in [2.45, 2.75) is 31.6 Å². The van der Waals surface area contributed by atoms with Crippen LogP contribution >= 0.6 is 11.3 Å². The Morgan fingerprint density at radius 2 is 2.17 bits per heavy atom. The zero-order chi connectivity index (χ0) is 16.0. The Bertz CT molecular complexity index is 778. The summed E-state index contributed by atoms with van der Waals surface area (Å²) in [5.74, 6) is 0.194. The number of nitrogens with zero attached hydrogens (tertiary/aromatic N) is 1. The molecule has 0 unspecified atom stereocenters. The second kappa shape index (κ2) is 5.20. The number of amides is 2. The Hall–Kier alpha value is -2.14. The fourth-order valence-corrected chi connectivity index (χ4v) is 4.30. The van der Waals surface area contributed by atoms with Gasteiger partial charge in [-0.1, -0.05) is 6.07 Å². The van der Waals surface area contributed by atoms with Crippen molar-refractivity contribution in [1.29, 1.82) is 0 Å². The van der Waals surface area contributed by atoms with Gasteiger partial charge in [-0.25, -0.2) is 0 Å². The van der Waals surface area contributed by atoms with E-state index < -0.39 is 0 Å². The van der Waals surface area contributed by atoms with Crippen molar-refractivity contribution in [2.75, 3.05) is 16.8 Å². The molecule has 1 aliphatic heterocycles. The van der Waals surface area contributed by atoms with E-state index in [9.17, 15) is 9.59 Å². The van der Waals surface area contributed by atoms with E-state index in [0.29, 0.717) is 13.0 Å². The van der Waals surface area contributed by atoms with Crippen LogP contribution in [0.25, 0.3) is 0 Å². The van der Waals surface area contributed by atoms with Crippen LogP contribution in [0.2, 0.25) is 0 Å². The minimum Gasteiger partial charge on any atom is -0.325 e. The van der Waals surface area contributed by atoms with Crippen LogP contribution in [0.5, 0.6) is 0 Å². The van der Waals surface area contributed by atoms with Gasteiger partial charge in [0.1, 0.15) is 0 Å². The molecule has 4 rings (SSSR count). The van der Waals surface area contributed by atoms with E-state index in [1.54, 1.807) is 16.2 Å². The number of nitrogens with one attached hydrogen (secondary N) is 1. The first-order valence-corrected chi connectivity index (χ1v) is 8.81. The minimum atomic E-state index is -0.335. The summed E-state index contributed by atoms with van der Waals surface area (Å²) in [5.41, 5.74) is 2.41. The zero-order valence-corrected chi connectivity index (χ0v) is 13.8. The molecule has 1 aromatic carbocycles. The molecular formula is C18H18N2O2S. The highest BCUT2D eigenvalue weighted by Gasteiger charge is 2.52. The quantitative estimate of drug-likeness (QED) is 0.937. The van der Waals surface area contributed by atoms with Gasteiger partial charge in [0.25, 0.3) is 0 Å². The summed E-state index contributed by atoms with van der Waals surface area (Å²) in [5, 5.41) is 5.07. The second-order valence-corrected chi connectivity index (χ2v) is 7.12. The van der Waals surface area contributed by atoms with Gasteiger partial charge in [0, 0.05) is 22.8 Å². The molecule has 4 nitrogen and oxygen atoms in total. The molecular weight excluding hydrogens is 308 g/mol. The molecule has 2 heterocycles. The first-order valence-electron chi connectivity index (χ1n) is 7.93. The fraction of sp³-hybridized carbons (Fsp3) is 0.333. The number of hydrogen-bond donors (Lipinski definition) is 1. The highest BCUT2D eigenvalue weighted by molar-refractivity contribution is 7.10. The average molecular weight is 326 g/mol. The van der Waals surface area contributed by atoms with Crippen molar-refractivity contribution in [3.8, 4) is 0 Å². The monoisotopic (exact) mass is 326 g/mol. The van der Waals surface area contributed by atoms with Crippen molar-refractivity contribution in [1.82, 2.24) is 0 Å². The first kappa shape index (κ1) is 14.5. The number of likely N-dealkylation sites (N-methyl/N-ethyl adjacent to an activating group) is 1. The third kappa shape index (κ3) is 2.27. The normalized spacial score (nSPS) is 18.0. The van der Waals surface area contributed by atoms with Crippen molar-refractivity contribution in [3.05, 3.63) is 46.2 Å². The third-order valence-electron chi connectivity index (χ3n) is 4.76. The van der Waals surface area contributed by atoms with Crippen LogP contribution in [0, 0.1) is 0 Å². The number of thiophene rings is 1. The lowest BCUT2D eigenvalue weighted by atomic mass is 10.0. The van der Waals surface area contributed by atoms with Crippen molar-refractivity contribution < 1.29 is 9.59 Å². The molecule has 1 fully saturated rings. The number of carbonyl (C=O) groups is 2. The third-order valence-corrected chi connectivity index (χ3v) is 5.84. The van der Waals surface area contributed by atoms with E-state index in [-0.39, 0.29) is 17.2 Å². The molecule has 0 radical (unpaired) electrons. The van der Waals surface area contributed by atoms with E-state index in [1.807, 2.05) is 42.6 Å². The van der Waals surface area contributed by atoms with Crippen molar-refractivity contribution in [2.24, 2.45) is 0 Å². The van der Waals surface area contributed by atoms with Crippen LogP contribution in [0.3, 0.4) is 0 Å². The SMILES string of the molecule is CCN1C(=O)Cc2cc(NC(=O)C3(c4cccs4)CC3)ccc21. The van der Waals surface area contributed by atoms with E-state index >= 15 is 0 Å². The Kier molecular flexibility index (Phi) is 3.27. The predicted octanol–water partition coefficient (Wildman–Crippen LogP) is 3.33. The Morgan fingerprint density at radius 3 is 2.83 bits per heavy atom. The Balaban J connectivity index is 1.56. The van der Waals surface area contributed by atoms with Crippen molar-refractivity contribution >= 4 is 34.5 Å². The van der Waals surface area contributed by atoms with Gasteiger partial charge in [0.2, 0.25) is 11.8 Å². The van der Waals surface area contributed by atoms with Gasteiger partial charge in [0.15, 0.2) is 0 Å². The summed E-state index contributed by atoms with van der Waals surface area (Å²) in [6, 6.07) is 9.79. The molecule has 23 heavy (non-hydrogen) atoms. The molecule has 2 aromatic rings. The lowest BCUT2D eigenvalue weighted by molar-refractivity contribution is -0.118. The van der Waals surface area contributed by atoms with Gasteiger partial charge in [-0.15, -0.1) is 11.3 Å².